The predicted molar refractivity (Wildman–Crippen MR) is 80.8 cm³/mol. The molecule has 7 heteroatoms. The number of hydrogen-bond donors (Lipinski definition) is 0. The van der Waals surface area contributed by atoms with E-state index in [1.807, 2.05) is 0 Å². The van der Waals surface area contributed by atoms with Crippen LogP contribution in [0.2, 0.25) is 5.02 Å². The van der Waals surface area contributed by atoms with Crippen LogP contribution < -0.4 is 5.56 Å². The van der Waals surface area contributed by atoms with Crippen LogP contribution in [0, 0.1) is 0 Å². The Morgan fingerprint density at radius 3 is 2.64 bits per heavy atom. The topological polar surface area (TPSA) is 78.3 Å². The van der Waals surface area contributed by atoms with E-state index in [1.165, 1.54) is 13.0 Å². The zero-order valence-corrected chi connectivity index (χ0v) is 12.8. The molecule has 0 saturated carbocycles. The summed E-state index contributed by atoms with van der Waals surface area (Å²) < 4.78 is 5.81. The zero-order valence-electron chi connectivity index (χ0n) is 12.0. The van der Waals surface area contributed by atoms with Crippen LogP contribution in [0.5, 0.6) is 0 Å². The van der Waals surface area contributed by atoms with E-state index >= 15 is 0 Å². The lowest BCUT2D eigenvalue weighted by Crippen LogP contribution is -2.30. The van der Waals surface area contributed by atoms with Gasteiger partial charge in [0.1, 0.15) is 11.3 Å². The highest BCUT2D eigenvalue weighted by Crippen LogP contribution is 2.13. The van der Waals surface area contributed by atoms with Gasteiger partial charge in [0, 0.05) is 11.9 Å². The summed E-state index contributed by atoms with van der Waals surface area (Å²) >= 11 is 5.90. The Kier molecular flexibility index (Phi) is 4.72. The Balaban J connectivity index is 2.70. The van der Waals surface area contributed by atoms with Crippen LogP contribution in [0.1, 0.15) is 34.7 Å². The van der Waals surface area contributed by atoms with Gasteiger partial charge in [0.15, 0.2) is 5.78 Å². The summed E-state index contributed by atoms with van der Waals surface area (Å²) in [5.41, 5.74) is -0.582. The summed E-state index contributed by atoms with van der Waals surface area (Å²) in [7, 11) is 0. The van der Waals surface area contributed by atoms with Crippen molar-refractivity contribution in [3.63, 3.8) is 0 Å². The van der Waals surface area contributed by atoms with Crippen molar-refractivity contribution in [2.45, 2.75) is 13.8 Å². The quantitative estimate of drug-likeness (QED) is 0.638. The third-order valence-electron chi connectivity index (χ3n) is 2.82. The highest BCUT2D eigenvalue weighted by molar-refractivity contribution is 6.30. The van der Waals surface area contributed by atoms with Gasteiger partial charge in [-0.1, -0.05) is 17.7 Å². The first kappa shape index (κ1) is 15.9. The molecule has 22 heavy (non-hydrogen) atoms. The minimum Gasteiger partial charge on any atom is -0.462 e. The Morgan fingerprint density at radius 2 is 2.05 bits per heavy atom. The smallest absolute Gasteiger partial charge is 0.343 e. The maximum atomic E-state index is 12.4. The Hall–Kier alpha value is -2.47. The van der Waals surface area contributed by atoms with Crippen molar-refractivity contribution in [1.82, 2.24) is 9.78 Å². The van der Waals surface area contributed by atoms with E-state index in [2.05, 4.69) is 5.10 Å². The summed E-state index contributed by atoms with van der Waals surface area (Å²) in [6.07, 6.45) is 0. The lowest BCUT2D eigenvalue weighted by molar-refractivity contribution is 0.0523. The normalized spacial score (nSPS) is 10.3. The Morgan fingerprint density at radius 1 is 1.32 bits per heavy atom. The molecule has 0 aliphatic carbocycles. The van der Waals surface area contributed by atoms with Gasteiger partial charge in [0.25, 0.3) is 5.56 Å². The van der Waals surface area contributed by atoms with Crippen molar-refractivity contribution in [2.24, 2.45) is 0 Å². The van der Waals surface area contributed by atoms with Crippen LogP contribution in [0.3, 0.4) is 0 Å². The fraction of sp³-hybridized carbons (Fsp3) is 0.200. The number of aromatic nitrogens is 2. The van der Waals surface area contributed by atoms with Gasteiger partial charge in [0.05, 0.1) is 12.3 Å². The number of ether oxygens (including phenoxy) is 1. The van der Waals surface area contributed by atoms with E-state index in [0.717, 1.165) is 10.7 Å². The molecule has 2 aromatic rings. The third kappa shape index (κ3) is 3.23. The number of carbonyl (C=O) groups is 2. The van der Waals surface area contributed by atoms with Crippen LogP contribution in [-0.2, 0) is 4.74 Å². The molecule has 0 aliphatic rings. The molecule has 2 rings (SSSR count). The lowest BCUT2D eigenvalue weighted by atomic mass is 10.2. The number of nitrogens with zero attached hydrogens (tertiary/aromatic N) is 2. The maximum absolute atomic E-state index is 12.4. The van der Waals surface area contributed by atoms with Crippen molar-refractivity contribution in [3.8, 4) is 5.69 Å². The Bertz CT molecular complexity index is 798. The average molecular weight is 321 g/mol. The van der Waals surface area contributed by atoms with Crippen molar-refractivity contribution < 1.29 is 14.3 Å². The zero-order chi connectivity index (χ0) is 16.3. The van der Waals surface area contributed by atoms with E-state index in [-0.39, 0.29) is 23.6 Å². The van der Waals surface area contributed by atoms with Crippen LogP contribution in [-0.4, -0.2) is 28.1 Å². The first-order chi connectivity index (χ1) is 10.4. The van der Waals surface area contributed by atoms with Crippen molar-refractivity contribution >= 4 is 23.4 Å². The van der Waals surface area contributed by atoms with Gasteiger partial charge in [-0.2, -0.15) is 9.78 Å². The molecule has 0 fully saturated rings. The molecule has 1 heterocycles. The molecule has 1 aromatic carbocycles. The molecule has 0 saturated heterocycles. The molecule has 114 valence electrons. The van der Waals surface area contributed by atoms with Crippen molar-refractivity contribution in [2.75, 3.05) is 6.61 Å². The van der Waals surface area contributed by atoms with Gasteiger partial charge < -0.3 is 4.74 Å². The van der Waals surface area contributed by atoms with Gasteiger partial charge in [-0.3, -0.25) is 9.59 Å². The van der Waals surface area contributed by atoms with Crippen molar-refractivity contribution in [1.29, 1.82) is 0 Å². The minimum absolute atomic E-state index is 0.0115. The molecule has 0 radical (unpaired) electrons. The number of Topliss-reactive ketones (excluding diaryl/α,β-unsaturated/α-hetero) is 1. The van der Waals surface area contributed by atoms with Crippen LogP contribution in [0.15, 0.2) is 35.1 Å². The third-order valence-corrected chi connectivity index (χ3v) is 3.06. The molecule has 0 amide bonds. The fourth-order valence-corrected chi connectivity index (χ4v) is 1.99. The van der Waals surface area contributed by atoms with Crippen LogP contribution >= 0.6 is 11.6 Å². The maximum Gasteiger partial charge on any atom is 0.343 e. The molecule has 0 aliphatic heterocycles. The van der Waals surface area contributed by atoms with E-state index in [0.29, 0.717) is 10.7 Å². The second-order valence-corrected chi connectivity index (χ2v) is 4.85. The van der Waals surface area contributed by atoms with Crippen molar-refractivity contribution in [3.05, 3.63) is 57.0 Å². The van der Waals surface area contributed by atoms with E-state index in [9.17, 15) is 14.4 Å². The summed E-state index contributed by atoms with van der Waals surface area (Å²) in [6, 6.07) is 7.52. The highest BCUT2D eigenvalue weighted by atomic mass is 35.5. The predicted octanol–water partition coefficient (Wildman–Crippen LogP) is 2.27. The van der Waals surface area contributed by atoms with Crippen LogP contribution in [0.4, 0.5) is 0 Å². The fourth-order valence-electron chi connectivity index (χ4n) is 1.80. The summed E-state index contributed by atoms with van der Waals surface area (Å²) in [5, 5.41) is 4.37. The van der Waals surface area contributed by atoms with E-state index in [4.69, 9.17) is 16.3 Å². The number of carbonyl (C=O) groups excluding carboxylic acids is 2. The molecule has 0 spiro atoms. The van der Waals surface area contributed by atoms with Gasteiger partial charge in [-0.15, -0.1) is 0 Å². The number of hydrogen-bond acceptors (Lipinski definition) is 5. The van der Waals surface area contributed by atoms with Gasteiger partial charge in [-0.25, -0.2) is 4.79 Å². The molecule has 0 unspecified atom stereocenters. The number of ketones is 1. The molecule has 1 aromatic heterocycles. The number of halogens is 1. The summed E-state index contributed by atoms with van der Waals surface area (Å²) in [6.45, 7) is 3.04. The second-order valence-electron chi connectivity index (χ2n) is 4.42. The van der Waals surface area contributed by atoms with Crippen LogP contribution in [0.25, 0.3) is 5.69 Å². The van der Waals surface area contributed by atoms with Gasteiger partial charge in [-0.05, 0) is 31.2 Å². The summed E-state index contributed by atoms with van der Waals surface area (Å²) in [4.78, 5) is 35.9. The SMILES string of the molecule is CCOC(=O)c1cc(C(C)=O)nn(-c2cccc(Cl)c2)c1=O. The lowest BCUT2D eigenvalue weighted by Gasteiger charge is -2.09. The largest absolute Gasteiger partial charge is 0.462 e. The number of benzene rings is 1. The minimum atomic E-state index is -0.798. The molecular weight excluding hydrogens is 308 g/mol. The van der Waals surface area contributed by atoms with Gasteiger partial charge >= 0.3 is 5.97 Å². The Labute approximate surface area is 131 Å². The standard InChI is InChI=1S/C15H13ClN2O4/c1-3-22-15(21)12-8-13(9(2)19)17-18(14(12)20)11-6-4-5-10(16)7-11/h4-8H,3H2,1-2H3. The molecule has 0 atom stereocenters. The van der Waals surface area contributed by atoms with E-state index < -0.39 is 11.5 Å². The first-order valence-electron chi connectivity index (χ1n) is 6.52. The molecular formula is C15H13ClN2O4. The summed E-state index contributed by atoms with van der Waals surface area (Å²) in [5.74, 6) is -1.17. The first-order valence-corrected chi connectivity index (χ1v) is 6.90. The number of esters is 1. The van der Waals surface area contributed by atoms with Gasteiger partial charge in [0.2, 0.25) is 0 Å². The molecule has 0 bridgehead atoms. The molecule has 6 nitrogen and oxygen atoms in total. The monoisotopic (exact) mass is 320 g/mol. The average Bonchev–Trinajstić information content (AvgIpc) is 2.47. The highest BCUT2D eigenvalue weighted by Gasteiger charge is 2.19. The number of rotatable bonds is 4. The van der Waals surface area contributed by atoms with E-state index in [1.54, 1.807) is 25.1 Å². The molecule has 0 N–H and O–H groups in total. The second kappa shape index (κ2) is 6.53.